The highest BCUT2D eigenvalue weighted by molar-refractivity contribution is 5.85. The Balaban J connectivity index is 1.49. The van der Waals surface area contributed by atoms with Crippen LogP contribution in [0.3, 0.4) is 0 Å². The van der Waals surface area contributed by atoms with Crippen LogP contribution in [0.5, 0.6) is 0 Å². The van der Waals surface area contributed by atoms with Crippen molar-refractivity contribution in [2.24, 2.45) is 0 Å². The molecule has 1 fully saturated rings. The molecule has 152 valence electrons. The molecular formula is C23H25NO5. The van der Waals surface area contributed by atoms with Gasteiger partial charge < -0.3 is 19.9 Å². The fraction of sp³-hybridized carbons (Fsp3) is 0.391. The molecule has 2 aromatic carbocycles. The summed E-state index contributed by atoms with van der Waals surface area (Å²) >= 11 is 0. The second kappa shape index (κ2) is 7.52. The first-order valence-corrected chi connectivity index (χ1v) is 9.91. The molecule has 6 heteroatoms. The number of benzene rings is 2. The van der Waals surface area contributed by atoms with Gasteiger partial charge in [-0.1, -0.05) is 48.5 Å². The second-order valence-corrected chi connectivity index (χ2v) is 8.00. The van der Waals surface area contributed by atoms with E-state index in [9.17, 15) is 14.7 Å². The van der Waals surface area contributed by atoms with Crippen LogP contribution in [0.25, 0.3) is 11.1 Å². The number of carbonyl (C=O) groups is 2. The number of carboxylic acids is 1. The van der Waals surface area contributed by atoms with E-state index in [2.05, 4.69) is 17.4 Å². The van der Waals surface area contributed by atoms with Crippen molar-refractivity contribution in [2.45, 2.75) is 50.4 Å². The van der Waals surface area contributed by atoms with Gasteiger partial charge >= 0.3 is 12.1 Å². The van der Waals surface area contributed by atoms with Crippen LogP contribution in [0.15, 0.2) is 48.5 Å². The van der Waals surface area contributed by atoms with E-state index in [0.29, 0.717) is 0 Å². The number of hydrogen-bond acceptors (Lipinski definition) is 4. The predicted octanol–water partition coefficient (Wildman–Crippen LogP) is 3.94. The summed E-state index contributed by atoms with van der Waals surface area (Å²) in [5, 5.41) is 12.4. The summed E-state index contributed by atoms with van der Waals surface area (Å²) in [4.78, 5) is 24.5. The van der Waals surface area contributed by atoms with Gasteiger partial charge in [-0.3, -0.25) is 0 Å². The number of carbonyl (C=O) groups excluding carboxylic acids is 1. The van der Waals surface area contributed by atoms with Crippen molar-refractivity contribution >= 4 is 12.1 Å². The van der Waals surface area contributed by atoms with Gasteiger partial charge in [0.2, 0.25) is 0 Å². The maximum absolute atomic E-state index is 12.6. The molecule has 1 aliphatic heterocycles. The molecule has 1 amide bonds. The Bertz CT molecular complexity index is 885. The van der Waals surface area contributed by atoms with E-state index in [-0.39, 0.29) is 37.6 Å². The standard InChI is InChI=1S/C23H25NO5/c1-14-11-23(21(25)26,12-15(2)29-14)24-22(27)28-13-20-18-9-5-3-7-16(18)17-8-4-6-10-19(17)20/h3-10,14-15,20H,11-13H2,1-2H3,(H,24,27)(H,25,26). The lowest BCUT2D eigenvalue weighted by atomic mass is 9.84. The van der Waals surface area contributed by atoms with E-state index >= 15 is 0 Å². The van der Waals surface area contributed by atoms with Gasteiger partial charge in [0.25, 0.3) is 0 Å². The van der Waals surface area contributed by atoms with E-state index < -0.39 is 17.6 Å². The number of ether oxygens (including phenoxy) is 2. The summed E-state index contributed by atoms with van der Waals surface area (Å²) in [5.41, 5.74) is 3.14. The molecule has 1 heterocycles. The summed E-state index contributed by atoms with van der Waals surface area (Å²) in [6.45, 7) is 3.77. The Morgan fingerprint density at radius 2 is 1.55 bits per heavy atom. The molecule has 0 spiro atoms. The molecule has 29 heavy (non-hydrogen) atoms. The molecule has 4 rings (SSSR count). The fourth-order valence-electron chi connectivity index (χ4n) is 4.72. The molecule has 0 saturated carbocycles. The average molecular weight is 395 g/mol. The summed E-state index contributed by atoms with van der Waals surface area (Å²) in [6.07, 6.45) is -0.823. The number of alkyl carbamates (subject to hydrolysis) is 1. The van der Waals surface area contributed by atoms with Crippen LogP contribution in [0.4, 0.5) is 4.79 Å². The van der Waals surface area contributed by atoms with Gasteiger partial charge in [-0.25, -0.2) is 9.59 Å². The molecule has 6 nitrogen and oxygen atoms in total. The Hall–Kier alpha value is -2.86. The highest BCUT2D eigenvalue weighted by atomic mass is 16.5. The molecule has 2 aromatic rings. The highest BCUT2D eigenvalue weighted by Gasteiger charge is 2.46. The van der Waals surface area contributed by atoms with Crippen LogP contribution >= 0.6 is 0 Å². The van der Waals surface area contributed by atoms with Crippen molar-refractivity contribution in [3.8, 4) is 11.1 Å². The number of aliphatic carboxylic acids is 1. The largest absolute Gasteiger partial charge is 0.479 e. The molecule has 0 bridgehead atoms. The third kappa shape index (κ3) is 3.60. The number of nitrogens with one attached hydrogen (secondary N) is 1. The monoisotopic (exact) mass is 395 g/mol. The molecule has 1 saturated heterocycles. The normalized spacial score (nSPS) is 25.7. The minimum atomic E-state index is -1.38. The first-order valence-electron chi connectivity index (χ1n) is 9.91. The Labute approximate surface area is 169 Å². The lowest BCUT2D eigenvalue weighted by Crippen LogP contribution is -2.60. The maximum atomic E-state index is 12.6. The zero-order valence-corrected chi connectivity index (χ0v) is 16.6. The van der Waals surface area contributed by atoms with Crippen molar-refractivity contribution in [1.29, 1.82) is 0 Å². The molecule has 2 atom stereocenters. The lowest BCUT2D eigenvalue weighted by Gasteiger charge is -2.39. The van der Waals surface area contributed by atoms with E-state index in [1.807, 2.05) is 50.2 Å². The second-order valence-electron chi connectivity index (χ2n) is 8.00. The molecule has 2 aliphatic rings. The maximum Gasteiger partial charge on any atom is 0.408 e. The SMILES string of the molecule is CC1CC(NC(=O)OCC2c3ccccc3-c3ccccc32)(C(=O)O)CC(C)O1. The zero-order chi connectivity index (χ0) is 20.6. The third-order valence-electron chi connectivity index (χ3n) is 5.83. The van der Waals surface area contributed by atoms with Crippen molar-refractivity contribution < 1.29 is 24.2 Å². The first kappa shape index (κ1) is 19.5. The third-order valence-corrected chi connectivity index (χ3v) is 5.83. The predicted molar refractivity (Wildman–Crippen MR) is 108 cm³/mol. The number of carboxylic acid groups (broad SMARTS) is 1. The molecule has 0 aromatic heterocycles. The lowest BCUT2D eigenvalue weighted by molar-refractivity contribution is -0.155. The summed E-state index contributed by atoms with van der Waals surface area (Å²) in [7, 11) is 0. The Kier molecular flexibility index (Phi) is 5.04. The highest BCUT2D eigenvalue weighted by Crippen LogP contribution is 2.44. The zero-order valence-electron chi connectivity index (χ0n) is 16.6. The van der Waals surface area contributed by atoms with Crippen molar-refractivity contribution in [1.82, 2.24) is 5.32 Å². The molecule has 2 unspecified atom stereocenters. The Morgan fingerprint density at radius 3 is 2.07 bits per heavy atom. The number of rotatable bonds is 4. The van der Waals surface area contributed by atoms with Crippen molar-refractivity contribution in [3.63, 3.8) is 0 Å². The van der Waals surface area contributed by atoms with E-state index in [0.717, 1.165) is 22.3 Å². The van der Waals surface area contributed by atoms with Gasteiger partial charge in [-0.15, -0.1) is 0 Å². The quantitative estimate of drug-likeness (QED) is 0.819. The summed E-state index contributed by atoms with van der Waals surface area (Å²) < 4.78 is 11.2. The van der Waals surface area contributed by atoms with Crippen LogP contribution in [0.1, 0.15) is 43.7 Å². The van der Waals surface area contributed by atoms with Crippen LogP contribution in [0.2, 0.25) is 0 Å². The molecule has 2 N–H and O–H groups in total. The molecular weight excluding hydrogens is 370 g/mol. The first-order chi connectivity index (χ1) is 13.9. The van der Waals surface area contributed by atoms with Gasteiger partial charge in [-0.2, -0.15) is 0 Å². The molecule has 0 radical (unpaired) electrons. The van der Waals surface area contributed by atoms with Gasteiger partial charge in [0.05, 0.1) is 12.2 Å². The Morgan fingerprint density at radius 1 is 1.03 bits per heavy atom. The van der Waals surface area contributed by atoms with Gasteiger partial charge in [0, 0.05) is 18.8 Å². The molecule has 1 aliphatic carbocycles. The number of fused-ring (bicyclic) bond motifs is 3. The van der Waals surface area contributed by atoms with Gasteiger partial charge in [0.1, 0.15) is 12.1 Å². The summed E-state index contributed by atoms with van der Waals surface area (Å²) in [6, 6.07) is 16.2. The topological polar surface area (TPSA) is 84.9 Å². The van der Waals surface area contributed by atoms with Crippen molar-refractivity contribution in [2.75, 3.05) is 6.61 Å². The van der Waals surface area contributed by atoms with Gasteiger partial charge in [0.15, 0.2) is 0 Å². The van der Waals surface area contributed by atoms with Crippen LogP contribution in [0, 0.1) is 0 Å². The smallest absolute Gasteiger partial charge is 0.408 e. The van der Waals surface area contributed by atoms with E-state index in [1.165, 1.54) is 0 Å². The average Bonchev–Trinajstić information content (AvgIpc) is 2.99. The van der Waals surface area contributed by atoms with E-state index in [1.54, 1.807) is 0 Å². The van der Waals surface area contributed by atoms with Crippen LogP contribution in [-0.4, -0.2) is 41.5 Å². The van der Waals surface area contributed by atoms with Crippen LogP contribution in [-0.2, 0) is 14.3 Å². The van der Waals surface area contributed by atoms with Crippen molar-refractivity contribution in [3.05, 3.63) is 59.7 Å². The minimum Gasteiger partial charge on any atom is -0.479 e. The van der Waals surface area contributed by atoms with E-state index in [4.69, 9.17) is 9.47 Å². The van der Waals surface area contributed by atoms with Gasteiger partial charge in [-0.05, 0) is 36.1 Å². The van der Waals surface area contributed by atoms with Crippen LogP contribution < -0.4 is 5.32 Å². The fourth-order valence-corrected chi connectivity index (χ4v) is 4.72. The number of hydrogen-bond donors (Lipinski definition) is 2. The summed E-state index contributed by atoms with van der Waals surface area (Å²) in [5.74, 6) is -1.13. The number of amides is 1. The minimum absolute atomic E-state index is 0.0681.